The maximum atomic E-state index is 9.11. The summed E-state index contributed by atoms with van der Waals surface area (Å²) in [5, 5.41) is 12.6. The normalized spacial score (nSPS) is 17.1. The van der Waals surface area contributed by atoms with Crippen molar-refractivity contribution in [1.82, 2.24) is 5.32 Å². The second-order valence-electron chi connectivity index (χ2n) is 4.96. The van der Waals surface area contributed by atoms with Crippen molar-refractivity contribution in [1.29, 1.82) is 0 Å². The van der Waals surface area contributed by atoms with Gasteiger partial charge in [-0.1, -0.05) is 31.2 Å². The lowest BCUT2D eigenvalue weighted by molar-refractivity contribution is 0.265. The number of nitrogens with one attached hydrogen (secondary N) is 1. The molecule has 0 radical (unpaired) electrons. The molecule has 1 aromatic rings. The fourth-order valence-corrected chi connectivity index (χ4v) is 2.25. The maximum absolute atomic E-state index is 9.11. The first-order chi connectivity index (χ1) is 8.35. The molecule has 0 aliphatic heterocycles. The van der Waals surface area contributed by atoms with Crippen LogP contribution in [0.3, 0.4) is 0 Å². The van der Waals surface area contributed by atoms with Crippen molar-refractivity contribution in [3.8, 4) is 0 Å². The van der Waals surface area contributed by atoms with Crippen LogP contribution in [0.1, 0.15) is 55.7 Å². The first kappa shape index (κ1) is 12.6. The summed E-state index contributed by atoms with van der Waals surface area (Å²) >= 11 is 0. The molecule has 0 bridgehead atoms. The Balaban J connectivity index is 2.00. The Morgan fingerprint density at radius 3 is 2.53 bits per heavy atom. The van der Waals surface area contributed by atoms with E-state index in [2.05, 4.69) is 36.5 Å². The minimum atomic E-state index is 0.242. The van der Waals surface area contributed by atoms with Crippen LogP contribution in [0, 0.1) is 0 Å². The minimum Gasteiger partial charge on any atom is -0.396 e. The number of aliphatic hydroxyl groups excluding tert-OH is 1. The van der Waals surface area contributed by atoms with Crippen molar-refractivity contribution in [3.05, 3.63) is 35.4 Å². The molecule has 2 nitrogen and oxygen atoms in total. The van der Waals surface area contributed by atoms with Crippen molar-refractivity contribution >= 4 is 0 Å². The van der Waals surface area contributed by atoms with Crippen molar-refractivity contribution in [3.63, 3.8) is 0 Å². The standard InChI is InChI=1S/C15H23NO/c1-2-10-16-15(9-11-17)14-7-5-13(6-8-14)12-3-4-12/h5-8,12,15-17H,2-4,9-11H2,1H3. The van der Waals surface area contributed by atoms with Gasteiger partial charge < -0.3 is 10.4 Å². The molecule has 0 aromatic heterocycles. The summed E-state index contributed by atoms with van der Waals surface area (Å²) in [6.45, 7) is 3.42. The number of benzene rings is 1. The Morgan fingerprint density at radius 1 is 1.29 bits per heavy atom. The fraction of sp³-hybridized carbons (Fsp3) is 0.600. The van der Waals surface area contributed by atoms with Crippen LogP contribution in [0.2, 0.25) is 0 Å². The van der Waals surface area contributed by atoms with Gasteiger partial charge in [-0.05, 0) is 49.3 Å². The zero-order chi connectivity index (χ0) is 12.1. The molecule has 1 unspecified atom stereocenters. The molecule has 1 aromatic carbocycles. The Hall–Kier alpha value is -0.860. The minimum absolute atomic E-state index is 0.242. The molecule has 94 valence electrons. The second kappa shape index (κ2) is 6.18. The fourth-order valence-electron chi connectivity index (χ4n) is 2.25. The summed E-state index contributed by atoms with van der Waals surface area (Å²) in [7, 11) is 0. The lowest BCUT2D eigenvalue weighted by Crippen LogP contribution is -2.23. The second-order valence-corrected chi connectivity index (χ2v) is 4.96. The smallest absolute Gasteiger partial charge is 0.0449 e. The molecule has 0 spiro atoms. The molecule has 0 amide bonds. The highest BCUT2D eigenvalue weighted by Gasteiger charge is 2.23. The Morgan fingerprint density at radius 2 is 2.00 bits per heavy atom. The van der Waals surface area contributed by atoms with E-state index in [0.717, 1.165) is 25.3 Å². The first-order valence-electron chi connectivity index (χ1n) is 6.79. The van der Waals surface area contributed by atoms with Crippen LogP contribution in [0.4, 0.5) is 0 Å². The van der Waals surface area contributed by atoms with E-state index in [9.17, 15) is 0 Å². The molecule has 1 atom stereocenters. The first-order valence-corrected chi connectivity index (χ1v) is 6.79. The highest BCUT2D eigenvalue weighted by molar-refractivity contribution is 5.29. The topological polar surface area (TPSA) is 32.3 Å². The zero-order valence-corrected chi connectivity index (χ0v) is 10.7. The highest BCUT2D eigenvalue weighted by atomic mass is 16.3. The quantitative estimate of drug-likeness (QED) is 0.759. The van der Waals surface area contributed by atoms with E-state index >= 15 is 0 Å². The third kappa shape index (κ3) is 3.55. The molecule has 0 heterocycles. The Labute approximate surface area is 104 Å². The summed E-state index contributed by atoms with van der Waals surface area (Å²) in [4.78, 5) is 0. The summed E-state index contributed by atoms with van der Waals surface area (Å²) in [5.41, 5.74) is 2.78. The van der Waals surface area contributed by atoms with Crippen LogP contribution >= 0.6 is 0 Å². The van der Waals surface area contributed by atoms with Gasteiger partial charge in [0.25, 0.3) is 0 Å². The van der Waals surface area contributed by atoms with Crippen molar-refractivity contribution in [2.24, 2.45) is 0 Å². The predicted molar refractivity (Wildman–Crippen MR) is 71.2 cm³/mol. The average Bonchev–Trinajstić information content (AvgIpc) is 3.19. The van der Waals surface area contributed by atoms with Crippen LogP contribution in [0.15, 0.2) is 24.3 Å². The van der Waals surface area contributed by atoms with Crippen molar-refractivity contribution in [2.45, 2.75) is 44.6 Å². The van der Waals surface area contributed by atoms with E-state index in [1.807, 2.05) is 0 Å². The van der Waals surface area contributed by atoms with Gasteiger partial charge in [-0.2, -0.15) is 0 Å². The van der Waals surface area contributed by atoms with E-state index in [0.29, 0.717) is 6.04 Å². The monoisotopic (exact) mass is 233 g/mol. The molecule has 0 saturated heterocycles. The zero-order valence-electron chi connectivity index (χ0n) is 10.7. The predicted octanol–water partition coefficient (Wildman–Crippen LogP) is 2.99. The molecule has 17 heavy (non-hydrogen) atoms. The molecule has 1 saturated carbocycles. The molecular weight excluding hydrogens is 210 g/mol. The van der Waals surface area contributed by atoms with Crippen LogP contribution in [0.5, 0.6) is 0 Å². The molecular formula is C15H23NO. The third-order valence-corrected chi connectivity index (χ3v) is 3.45. The summed E-state index contributed by atoms with van der Waals surface area (Å²) in [6.07, 6.45) is 4.63. The van der Waals surface area contributed by atoms with Gasteiger partial charge in [0.15, 0.2) is 0 Å². The van der Waals surface area contributed by atoms with E-state index in [1.54, 1.807) is 0 Å². The van der Waals surface area contributed by atoms with Crippen molar-refractivity contribution in [2.75, 3.05) is 13.2 Å². The average molecular weight is 233 g/mol. The lowest BCUT2D eigenvalue weighted by atomic mass is 10.0. The van der Waals surface area contributed by atoms with Gasteiger partial charge in [-0.25, -0.2) is 0 Å². The van der Waals surface area contributed by atoms with Gasteiger partial charge in [-0.15, -0.1) is 0 Å². The van der Waals surface area contributed by atoms with Gasteiger partial charge in [0, 0.05) is 12.6 Å². The Bertz CT molecular complexity index is 329. The molecule has 2 N–H and O–H groups in total. The SMILES string of the molecule is CCCNC(CCO)c1ccc(C2CC2)cc1. The number of hydrogen-bond donors (Lipinski definition) is 2. The van der Waals surface area contributed by atoms with Gasteiger partial charge in [0.05, 0.1) is 0 Å². The van der Waals surface area contributed by atoms with E-state index < -0.39 is 0 Å². The van der Waals surface area contributed by atoms with Gasteiger partial charge >= 0.3 is 0 Å². The molecule has 1 aliphatic rings. The number of rotatable bonds is 7. The highest BCUT2D eigenvalue weighted by Crippen LogP contribution is 2.40. The number of aliphatic hydroxyl groups is 1. The molecule has 2 heteroatoms. The van der Waals surface area contributed by atoms with Crippen LogP contribution in [-0.2, 0) is 0 Å². The van der Waals surface area contributed by atoms with Gasteiger partial charge in [-0.3, -0.25) is 0 Å². The van der Waals surface area contributed by atoms with E-state index in [-0.39, 0.29) is 6.61 Å². The maximum Gasteiger partial charge on any atom is 0.0449 e. The third-order valence-electron chi connectivity index (χ3n) is 3.45. The summed E-state index contributed by atoms with van der Waals surface area (Å²) in [6, 6.07) is 9.25. The largest absolute Gasteiger partial charge is 0.396 e. The van der Waals surface area contributed by atoms with Crippen molar-refractivity contribution < 1.29 is 5.11 Å². The molecule has 1 fully saturated rings. The molecule has 1 aliphatic carbocycles. The van der Waals surface area contributed by atoms with Crippen LogP contribution in [0.25, 0.3) is 0 Å². The summed E-state index contributed by atoms with van der Waals surface area (Å²) < 4.78 is 0. The summed E-state index contributed by atoms with van der Waals surface area (Å²) in [5.74, 6) is 0.823. The lowest BCUT2D eigenvalue weighted by Gasteiger charge is -2.18. The Kier molecular flexibility index (Phi) is 4.57. The van der Waals surface area contributed by atoms with Gasteiger partial charge in [0.1, 0.15) is 0 Å². The van der Waals surface area contributed by atoms with Gasteiger partial charge in [0.2, 0.25) is 0 Å². The molecule has 2 rings (SSSR count). The van der Waals surface area contributed by atoms with E-state index in [4.69, 9.17) is 5.11 Å². The van der Waals surface area contributed by atoms with Crippen LogP contribution < -0.4 is 5.32 Å². The van der Waals surface area contributed by atoms with E-state index in [1.165, 1.54) is 24.0 Å². The van der Waals surface area contributed by atoms with Crippen LogP contribution in [-0.4, -0.2) is 18.3 Å². The number of hydrogen-bond acceptors (Lipinski definition) is 2.